The highest BCUT2D eigenvalue weighted by Gasteiger charge is 2.10. The number of amides is 1. The topological polar surface area (TPSA) is 46.9 Å². The van der Waals surface area contributed by atoms with Crippen LogP contribution in [0.3, 0.4) is 0 Å². The monoisotopic (exact) mass is 451 g/mol. The highest BCUT2D eigenvalue weighted by atomic mass is 127. The summed E-state index contributed by atoms with van der Waals surface area (Å²) in [7, 11) is 0. The summed E-state index contributed by atoms with van der Waals surface area (Å²) in [5.74, 6) is -0.196. The average Bonchev–Trinajstić information content (AvgIpc) is 2.88. The Hall–Kier alpha value is -1.86. The molecule has 24 heavy (non-hydrogen) atoms. The van der Waals surface area contributed by atoms with Crippen molar-refractivity contribution < 1.29 is 4.79 Å². The molecule has 2 aromatic carbocycles. The van der Waals surface area contributed by atoms with Crippen molar-refractivity contribution in [3.05, 3.63) is 74.1 Å². The maximum Gasteiger partial charge on any atom is 0.255 e. The van der Waals surface area contributed by atoms with Gasteiger partial charge in [0.2, 0.25) is 0 Å². The van der Waals surface area contributed by atoms with Crippen LogP contribution in [0.15, 0.2) is 48.5 Å². The lowest BCUT2D eigenvalue weighted by atomic mass is 10.2. The molecule has 3 rings (SSSR count). The fourth-order valence-electron chi connectivity index (χ4n) is 2.43. The third-order valence-electron chi connectivity index (χ3n) is 3.56. The Labute approximate surface area is 159 Å². The lowest BCUT2D eigenvalue weighted by Gasteiger charge is -2.09. The SMILES string of the molecule is Cc1cc(C)n(-c2ccc(C(=O)Nc3ccc(I)cc3Cl)cc2)n1. The summed E-state index contributed by atoms with van der Waals surface area (Å²) in [4.78, 5) is 12.4. The zero-order chi connectivity index (χ0) is 17.3. The van der Waals surface area contributed by atoms with Crippen LogP contribution in [-0.4, -0.2) is 15.7 Å². The number of carbonyl (C=O) groups excluding carboxylic acids is 1. The van der Waals surface area contributed by atoms with E-state index in [1.54, 1.807) is 18.2 Å². The van der Waals surface area contributed by atoms with Gasteiger partial charge in [-0.2, -0.15) is 5.10 Å². The standard InChI is InChI=1S/C18H15ClIN3O/c1-11-9-12(2)23(22-11)15-6-3-13(4-7-15)18(24)21-17-8-5-14(20)10-16(17)19/h3-10H,1-2H3,(H,21,24). The molecule has 0 saturated heterocycles. The first-order chi connectivity index (χ1) is 11.4. The third-order valence-corrected chi connectivity index (χ3v) is 4.55. The van der Waals surface area contributed by atoms with Gasteiger partial charge in [-0.3, -0.25) is 4.79 Å². The summed E-state index contributed by atoms with van der Waals surface area (Å²) in [5, 5.41) is 7.80. The normalized spacial score (nSPS) is 10.7. The number of hydrogen-bond donors (Lipinski definition) is 1. The van der Waals surface area contributed by atoms with Gasteiger partial charge in [0.25, 0.3) is 5.91 Å². The Morgan fingerprint density at radius 2 is 1.83 bits per heavy atom. The summed E-state index contributed by atoms with van der Waals surface area (Å²) in [6.45, 7) is 3.95. The lowest BCUT2D eigenvalue weighted by Crippen LogP contribution is -2.12. The number of halogens is 2. The average molecular weight is 452 g/mol. The van der Waals surface area contributed by atoms with Gasteiger partial charge in [-0.05, 0) is 85.0 Å². The van der Waals surface area contributed by atoms with Gasteiger partial charge in [0.15, 0.2) is 0 Å². The van der Waals surface area contributed by atoms with Crippen LogP contribution in [0, 0.1) is 17.4 Å². The lowest BCUT2D eigenvalue weighted by molar-refractivity contribution is 0.102. The molecule has 1 aromatic heterocycles. The molecule has 1 heterocycles. The minimum atomic E-state index is -0.196. The maximum atomic E-state index is 12.4. The van der Waals surface area contributed by atoms with E-state index in [1.807, 2.05) is 48.9 Å². The van der Waals surface area contributed by atoms with Crippen molar-refractivity contribution in [3.8, 4) is 5.69 Å². The molecule has 4 nitrogen and oxygen atoms in total. The van der Waals surface area contributed by atoms with Crippen LogP contribution < -0.4 is 5.32 Å². The summed E-state index contributed by atoms with van der Waals surface area (Å²) >= 11 is 8.33. The highest BCUT2D eigenvalue weighted by Crippen LogP contribution is 2.24. The molecule has 0 radical (unpaired) electrons. The van der Waals surface area contributed by atoms with Crippen molar-refractivity contribution in [1.82, 2.24) is 9.78 Å². The van der Waals surface area contributed by atoms with Gasteiger partial charge in [-0.25, -0.2) is 4.68 Å². The highest BCUT2D eigenvalue weighted by molar-refractivity contribution is 14.1. The van der Waals surface area contributed by atoms with Gasteiger partial charge in [0.1, 0.15) is 0 Å². The smallest absolute Gasteiger partial charge is 0.255 e. The van der Waals surface area contributed by atoms with E-state index in [-0.39, 0.29) is 5.91 Å². The van der Waals surface area contributed by atoms with Crippen LogP contribution in [0.4, 0.5) is 5.69 Å². The first-order valence-electron chi connectivity index (χ1n) is 7.34. The molecule has 0 fully saturated rings. The Kier molecular flexibility index (Phi) is 4.91. The van der Waals surface area contributed by atoms with Crippen LogP contribution in [0.1, 0.15) is 21.7 Å². The molecule has 0 saturated carbocycles. The Morgan fingerprint density at radius 1 is 1.12 bits per heavy atom. The molecule has 0 spiro atoms. The molecule has 0 aliphatic rings. The van der Waals surface area contributed by atoms with Crippen molar-refractivity contribution >= 4 is 45.8 Å². The molecular formula is C18H15ClIN3O. The number of carbonyl (C=O) groups is 1. The number of nitrogens with one attached hydrogen (secondary N) is 1. The Balaban J connectivity index is 1.80. The second-order valence-electron chi connectivity index (χ2n) is 5.46. The van der Waals surface area contributed by atoms with Gasteiger partial charge in [0, 0.05) is 14.8 Å². The fraction of sp³-hybridized carbons (Fsp3) is 0.111. The fourth-order valence-corrected chi connectivity index (χ4v) is 3.33. The van der Waals surface area contributed by atoms with Crippen molar-refractivity contribution in [2.24, 2.45) is 0 Å². The number of aromatic nitrogens is 2. The molecule has 1 N–H and O–H groups in total. The van der Waals surface area contributed by atoms with Crippen LogP contribution in [0.25, 0.3) is 5.69 Å². The molecule has 1 amide bonds. The molecule has 0 unspecified atom stereocenters. The Morgan fingerprint density at radius 3 is 2.42 bits per heavy atom. The van der Waals surface area contributed by atoms with Gasteiger partial charge in [-0.1, -0.05) is 11.6 Å². The molecule has 6 heteroatoms. The quantitative estimate of drug-likeness (QED) is 0.570. The zero-order valence-corrected chi connectivity index (χ0v) is 16.1. The van der Waals surface area contributed by atoms with E-state index in [0.29, 0.717) is 16.3 Å². The second kappa shape index (κ2) is 6.94. The summed E-state index contributed by atoms with van der Waals surface area (Å²) < 4.78 is 2.87. The first-order valence-corrected chi connectivity index (χ1v) is 8.80. The molecule has 0 atom stereocenters. The summed E-state index contributed by atoms with van der Waals surface area (Å²) in [6, 6.07) is 14.8. The molecule has 0 aliphatic carbocycles. The summed E-state index contributed by atoms with van der Waals surface area (Å²) in [6.07, 6.45) is 0. The summed E-state index contributed by atoms with van der Waals surface area (Å²) in [5.41, 5.74) is 4.10. The molecule has 3 aromatic rings. The van der Waals surface area contributed by atoms with Crippen LogP contribution >= 0.6 is 34.2 Å². The van der Waals surface area contributed by atoms with Crippen LogP contribution in [0.2, 0.25) is 5.02 Å². The first kappa shape index (κ1) is 17.0. The third kappa shape index (κ3) is 3.62. The van der Waals surface area contributed by atoms with Gasteiger partial charge >= 0.3 is 0 Å². The molecule has 122 valence electrons. The van der Waals surface area contributed by atoms with E-state index in [0.717, 1.165) is 20.6 Å². The van der Waals surface area contributed by atoms with E-state index >= 15 is 0 Å². The van der Waals surface area contributed by atoms with Gasteiger partial charge in [-0.15, -0.1) is 0 Å². The van der Waals surface area contributed by atoms with Gasteiger partial charge < -0.3 is 5.32 Å². The number of anilines is 1. The predicted octanol–water partition coefficient (Wildman–Crippen LogP) is 5.00. The van der Waals surface area contributed by atoms with E-state index < -0.39 is 0 Å². The Bertz CT molecular complexity index is 903. The number of nitrogens with zero attached hydrogens (tertiary/aromatic N) is 2. The van der Waals surface area contributed by atoms with Gasteiger partial charge in [0.05, 0.1) is 22.1 Å². The largest absolute Gasteiger partial charge is 0.321 e. The molecule has 0 bridgehead atoms. The number of rotatable bonds is 3. The minimum Gasteiger partial charge on any atom is -0.321 e. The van der Waals surface area contributed by atoms with Crippen molar-refractivity contribution in [3.63, 3.8) is 0 Å². The predicted molar refractivity (Wildman–Crippen MR) is 105 cm³/mol. The maximum absolute atomic E-state index is 12.4. The number of hydrogen-bond acceptors (Lipinski definition) is 2. The van der Waals surface area contributed by atoms with E-state index in [9.17, 15) is 4.79 Å². The van der Waals surface area contributed by atoms with Crippen molar-refractivity contribution in [2.45, 2.75) is 13.8 Å². The molecular weight excluding hydrogens is 437 g/mol. The number of aryl methyl sites for hydroxylation is 2. The minimum absolute atomic E-state index is 0.196. The zero-order valence-electron chi connectivity index (χ0n) is 13.2. The van der Waals surface area contributed by atoms with E-state index in [2.05, 4.69) is 33.0 Å². The van der Waals surface area contributed by atoms with Crippen molar-refractivity contribution in [2.75, 3.05) is 5.32 Å². The van der Waals surface area contributed by atoms with Crippen molar-refractivity contribution in [1.29, 1.82) is 0 Å². The number of benzene rings is 2. The second-order valence-corrected chi connectivity index (χ2v) is 7.12. The van der Waals surface area contributed by atoms with E-state index in [4.69, 9.17) is 11.6 Å². The van der Waals surface area contributed by atoms with Crippen LogP contribution in [-0.2, 0) is 0 Å². The van der Waals surface area contributed by atoms with E-state index in [1.165, 1.54) is 0 Å². The van der Waals surface area contributed by atoms with Crippen LogP contribution in [0.5, 0.6) is 0 Å². The molecule has 0 aliphatic heterocycles.